The second-order valence-corrected chi connectivity index (χ2v) is 3.74. The highest BCUT2D eigenvalue weighted by Crippen LogP contribution is 2.21. The first-order chi connectivity index (χ1) is 7.11. The standard InChI is InChI=1S/C8H16O6S/c9-3-4-5(10)6(11)7(12)8(14-4)13-1-2-15/h4-12,15H,1-3H2/t4-,5-,6-,7+,8-/m1/s1. The second kappa shape index (κ2) is 6.00. The molecule has 0 aromatic rings. The van der Waals surface area contributed by atoms with Gasteiger partial charge in [0.05, 0.1) is 13.2 Å². The van der Waals surface area contributed by atoms with Gasteiger partial charge < -0.3 is 29.9 Å². The third kappa shape index (κ3) is 3.04. The van der Waals surface area contributed by atoms with Crippen molar-refractivity contribution < 1.29 is 29.9 Å². The Morgan fingerprint density at radius 2 is 1.80 bits per heavy atom. The lowest BCUT2D eigenvalue weighted by molar-refractivity contribution is -0.299. The molecule has 1 aliphatic rings. The number of ether oxygens (including phenoxy) is 2. The number of hydrogen-bond acceptors (Lipinski definition) is 7. The average Bonchev–Trinajstić information content (AvgIpc) is 2.25. The van der Waals surface area contributed by atoms with Crippen molar-refractivity contribution in [3.05, 3.63) is 0 Å². The Labute approximate surface area is 92.8 Å². The van der Waals surface area contributed by atoms with Crippen LogP contribution in [0.4, 0.5) is 0 Å². The van der Waals surface area contributed by atoms with Crippen LogP contribution in [0.25, 0.3) is 0 Å². The normalized spacial score (nSPS) is 41.8. The molecule has 0 aliphatic carbocycles. The highest BCUT2D eigenvalue weighted by Gasteiger charge is 2.43. The van der Waals surface area contributed by atoms with Crippen LogP contribution >= 0.6 is 12.6 Å². The van der Waals surface area contributed by atoms with Crippen LogP contribution in [0.5, 0.6) is 0 Å². The van der Waals surface area contributed by atoms with Crippen LogP contribution < -0.4 is 0 Å². The van der Waals surface area contributed by atoms with Crippen molar-refractivity contribution in [3.63, 3.8) is 0 Å². The van der Waals surface area contributed by atoms with Crippen molar-refractivity contribution >= 4 is 12.6 Å². The Kier molecular flexibility index (Phi) is 5.27. The van der Waals surface area contributed by atoms with Gasteiger partial charge in [-0.05, 0) is 0 Å². The summed E-state index contributed by atoms with van der Waals surface area (Å²) >= 11 is 3.91. The van der Waals surface area contributed by atoms with Gasteiger partial charge in [-0.25, -0.2) is 0 Å². The Hall–Kier alpha value is 0.110. The molecule has 1 aliphatic heterocycles. The van der Waals surface area contributed by atoms with Crippen LogP contribution in [0.15, 0.2) is 0 Å². The first-order valence-electron chi connectivity index (χ1n) is 4.64. The maximum absolute atomic E-state index is 9.48. The SMILES string of the molecule is OC[C@H]1O[C@@H](OCCS)[C@@H](O)[C@H](O)[C@@H]1O. The maximum Gasteiger partial charge on any atom is 0.186 e. The molecule has 1 fully saturated rings. The van der Waals surface area contributed by atoms with Crippen molar-refractivity contribution in [2.24, 2.45) is 0 Å². The highest BCUT2D eigenvalue weighted by atomic mass is 32.1. The van der Waals surface area contributed by atoms with Gasteiger partial charge in [-0.1, -0.05) is 0 Å². The van der Waals surface area contributed by atoms with E-state index in [1.165, 1.54) is 0 Å². The maximum atomic E-state index is 9.48. The van der Waals surface area contributed by atoms with E-state index in [-0.39, 0.29) is 6.61 Å². The Morgan fingerprint density at radius 3 is 2.33 bits per heavy atom. The highest BCUT2D eigenvalue weighted by molar-refractivity contribution is 7.80. The first kappa shape index (κ1) is 13.2. The lowest BCUT2D eigenvalue weighted by Crippen LogP contribution is -2.59. The summed E-state index contributed by atoms with van der Waals surface area (Å²) in [6.07, 6.45) is -6.04. The molecule has 0 aromatic heterocycles. The van der Waals surface area contributed by atoms with Crippen molar-refractivity contribution in [1.29, 1.82) is 0 Å². The van der Waals surface area contributed by atoms with Gasteiger partial charge in [0, 0.05) is 5.75 Å². The Balaban J connectivity index is 2.57. The summed E-state index contributed by atoms with van der Waals surface area (Å²) in [6, 6.07) is 0. The zero-order valence-corrected chi connectivity index (χ0v) is 8.96. The molecule has 7 heteroatoms. The van der Waals surface area contributed by atoms with Gasteiger partial charge in [-0.2, -0.15) is 12.6 Å². The van der Waals surface area contributed by atoms with Gasteiger partial charge in [-0.15, -0.1) is 0 Å². The third-order valence-corrected chi connectivity index (χ3v) is 2.40. The first-order valence-corrected chi connectivity index (χ1v) is 5.28. The Bertz CT molecular complexity index is 190. The van der Waals surface area contributed by atoms with Crippen LogP contribution in [0, 0.1) is 0 Å². The molecule has 15 heavy (non-hydrogen) atoms. The van der Waals surface area contributed by atoms with E-state index < -0.39 is 37.3 Å². The van der Waals surface area contributed by atoms with Crippen molar-refractivity contribution in [2.75, 3.05) is 19.0 Å². The molecule has 1 heterocycles. The molecular weight excluding hydrogens is 224 g/mol. The lowest BCUT2D eigenvalue weighted by atomic mass is 9.99. The van der Waals surface area contributed by atoms with E-state index in [1.807, 2.05) is 0 Å². The topological polar surface area (TPSA) is 99.4 Å². The third-order valence-electron chi connectivity index (χ3n) is 2.22. The van der Waals surface area contributed by atoms with Gasteiger partial charge in [0.1, 0.15) is 24.4 Å². The number of rotatable bonds is 4. The minimum absolute atomic E-state index is 0.242. The summed E-state index contributed by atoms with van der Waals surface area (Å²) in [6.45, 7) is -0.211. The quantitative estimate of drug-likeness (QED) is 0.355. The molecule has 6 nitrogen and oxygen atoms in total. The zero-order valence-electron chi connectivity index (χ0n) is 8.06. The van der Waals surface area contributed by atoms with E-state index in [2.05, 4.69) is 12.6 Å². The van der Waals surface area contributed by atoms with Gasteiger partial charge in [0.25, 0.3) is 0 Å². The molecule has 90 valence electrons. The zero-order chi connectivity index (χ0) is 11.4. The number of aliphatic hydroxyl groups is 4. The predicted octanol–water partition coefficient (Wildman–Crippen LogP) is -2.27. The predicted molar refractivity (Wildman–Crippen MR) is 53.6 cm³/mol. The van der Waals surface area contributed by atoms with Gasteiger partial charge in [0.2, 0.25) is 0 Å². The monoisotopic (exact) mass is 240 g/mol. The fraction of sp³-hybridized carbons (Fsp3) is 1.00. The minimum atomic E-state index is -1.39. The van der Waals surface area contributed by atoms with E-state index >= 15 is 0 Å². The molecule has 0 aromatic carbocycles. The summed E-state index contributed by atoms with van der Waals surface area (Å²) in [5, 5.41) is 37.2. The van der Waals surface area contributed by atoms with Crippen molar-refractivity contribution in [2.45, 2.75) is 30.7 Å². The van der Waals surface area contributed by atoms with Crippen LogP contribution in [-0.2, 0) is 9.47 Å². The van der Waals surface area contributed by atoms with Gasteiger partial charge >= 0.3 is 0 Å². The largest absolute Gasteiger partial charge is 0.394 e. The van der Waals surface area contributed by atoms with Crippen LogP contribution in [0.1, 0.15) is 0 Å². The molecular formula is C8H16O6S. The Morgan fingerprint density at radius 1 is 1.13 bits per heavy atom. The van der Waals surface area contributed by atoms with E-state index in [1.54, 1.807) is 0 Å². The number of aliphatic hydroxyl groups excluding tert-OH is 4. The minimum Gasteiger partial charge on any atom is -0.394 e. The average molecular weight is 240 g/mol. The second-order valence-electron chi connectivity index (χ2n) is 3.29. The molecule has 0 spiro atoms. The molecule has 1 rings (SSSR count). The van der Waals surface area contributed by atoms with Crippen LogP contribution in [0.2, 0.25) is 0 Å². The lowest BCUT2D eigenvalue weighted by Gasteiger charge is -2.39. The van der Waals surface area contributed by atoms with E-state index in [0.717, 1.165) is 0 Å². The molecule has 0 saturated carbocycles. The fourth-order valence-electron chi connectivity index (χ4n) is 1.37. The van der Waals surface area contributed by atoms with Gasteiger partial charge in [0.15, 0.2) is 6.29 Å². The summed E-state index contributed by atoms with van der Waals surface area (Å²) < 4.78 is 10.1. The van der Waals surface area contributed by atoms with Gasteiger partial charge in [-0.3, -0.25) is 0 Å². The number of hydrogen-bond donors (Lipinski definition) is 5. The molecule has 0 unspecified atom stereocenters. The smallest absolute Gasteiger partial charge is 0.186 e. The molecule has 0 radical (unpaired) electrons. The fourth-order valence-corrected chi connectivity index (χ4v) is 1.48. The summed E-state index contributed by atoms with van der Waals surface area (Å²) in [4.78, 5) is 0. The molecule has 4 N–H and O–H groups in total. The van der Waals surface area contributed by atoms with Crippen LogP contribution in [0.3, 0.4) is 0 Å². The van der Waals surface area contributed by atoms with Crippen LogP contribution in [-0.4, -0.2) is 70.1 Å². The van der Waals surface area contributed by atoms with E-state index in [9.17, 15) is 15.3 Å². The van der Waals surface area contributed by atoms with E-state index in [0.29, 0.717) is 5.75 Å². The summed E-state index contributed by atoms with van der Waals surface area (Å²) in [5.41, 5.74) is 0. The number of thiol groups is 1. The molecule has 5 atom stereocenters. The summed E-state index contributed by atoms with van der Waals surface area (Å²) in [7, 11) is 0. The van der Waals surface area contributed by atoms with Crippen molar-refractivity contribution in [3.8, 4) is 0 Å². The molecule has 1 saturated heterocycles. The van der Waals surface area contributed by atoms with E-state index in [4.69, 9.17) is 14.6 Å². The summed E-state index contributed by atoms with van der Waals surface area (Å²) in [5.74, 6) is 0.440. The molecule has 0 bridgehead atoms. The molecule has 0 amide bonds. The van der Waals surface area contributed by atoms with Crippen molar-refractivity contribution in [1.82, 2.24) is 0 Å².